The van der Waals surface area contributed by atoms with E-state index in [0.29, 0.717) is 0 Å². The molecule has 0 spiro atoms. The lowest BCUT2D eigenvalue weighted by molar-refractivity contribution is 0.923. The van der Waals surface area contributed by atoms with Gasteiger partial charge in [0.15, 0.2) is 0 Å². The summed E-state index contributed by atoms with van der Waals surface area (Å²) in [6.45, 7) is 4.43. The van der Waals surface area contributed by atoms with E-state index in [4.69, 9.17) is 0 Å². The molecule has 17 heavy (non-hydrogen) atoms. The largest absolute Gasteiger partial charge is 0.0651 e. The van der Waals surface area contributed by atoms with Gasteiger partial charge < -0.3 is 0 Å². The standard InChI is InChI=1S/C17H20/c1-3-7-15-8-5-6-9-17(15)16-12-10-14(4-2)11-13-16/h5-6,8-13H,3-4,7H2,1-2H3. The SMILES string of the molecule is CCCc1ccccc1-c1ccc(CC)cc1. The smallest absolute Gasteiger partial charge is 0.0152 e. The van der Waals surface area contributed by atoms with E-state index in [1.165, 1.54) is 28.7 Å². The van der Waals surface area contributed by atoms with Crippen LogP contribution in [0.4, 0.5) is 0 Å². The van der Waals surface area contributed by atoms with Crippen LogP contribution < -0.4 is 0 Å². The molecule has 0 saturated heterocycles. The zero-order chi connectivity index (χ0) is 12.1. The van der Waals surface area contributed by atoms with Gasteiger partial charge in [-0.3, -0.25) is 0 Å². The molecule has 88 valence electrons. The van der Waals surface area contributed by atoms with Crippen molar-refractivity contribution in [2.24, 2.45) is 0 Å². The number of hydrogen-bond donors (Lipinski definition) is 0. The molecular weight excluding hydrogens is 204 g/mol. The Morgan fingerprint density at radius 1 is 0.824 bits per heavy atom. The Morgan fingerprint density at radius 2 is 1.53 bits per heavy atom. The molecule has 0 aliphatic heterocycles. The molecule has 0 atom stereocenters. The molecule has 2 aromatic carbocycles. The van der Waals surface area contributed by atoms with Crippen LogP contribution in [0.1, 0.15) is 31.4 Å². The van der Waals surface area contributed by atoms with Crippen molar-refractivity contribution in [3.8, 4) is 11.1 Å². The summed E-state index contributed by atoms with van der Waals surface area (Å²) in [5.41, 5.74) is 5.59. The predicted molar refractivity (Wildman–Crippen MR) is 75.3 cm³/mol. The molecule has 0 saturated carbocycles. The number of aryl methyl sites for hydroxylation is 2. The third-order valence-corrected chi connectivity index (χ3v) is 3.21. The van der Waals surface area contributed by atoms with E-state index in [2.05, 4.69) is 62.4 Å². The second kappa shape index (κ2) is 5.67. The van der Waals surface area contributed by atoms with E-state index < -0.39 is 0 Å². The van der Waals surface area contributed by atoms with Crippen LogP contribution >= 0.6 is 0 Å². The molecule has 0 fully saturated rings. The van der Waals surface area contributed by atoms with Crippen LogP contribution in [-0.4, -0.2) is 0 Å². The summed E-state index contributed by atoms with van der Waals surface area (Å²) < 4.78 is 0. The third kappa shape index (κ3) is 2.76. The van der Waals surface area contributed by atoms with Crippen molar-refractivity contribution >= 4 is 0 Å². The molecule has 2 aromatic rings. The highest BCUT2D eigenvalue weighted by molar-refractivity contribution is 5.67. The van der Waals surface area contributed by atoms with E-state index in [9.17, 15) is 0 Å². The summed E-state index contributed by atoms with van der Waals surface area (Å²) in [5, 5.41) is 0. The van der Waals surface area contributed by atoms with Crippen molar-refractivity contribution in [1.29, 1.82) is 0 Å². The molecule has 0 N–H and O–H groups in total. The fraction of sp³-hybridized carbons (Fsp3) is 0.294. The predicted octanol–water partition coefficient (Wildman–Crippen LogP) is 4.87. The molecule has 0 heterocycles. The Kier molecular flexibility index (Phi) is 3.98. The molecule has 0 radical (unpaired) electrons. The molecule has 0 amide bonds. The van der Waals surface area contributed by atoms with Gasteiger partial charge in [-0.25, -0.2) is 0 Å². The number of rotatable bonds is 4. The lowest BCUT2D eigenvalue weighted by Gasteiger charge is -2.09. The van der Waals surface area contributed by atoms with Gasteiger partial charge in [-0.2, -0.15) is 0 Å². The van der Waals surface area contributed by atoms with Gasteiger partial charge in [-0.1, -0.05) is 68.8 Å². The van der Waals surface area contributed by atoms with Crippen LogP contribution in [0.3, 0.4) is 0 Å². The fourth-order valence-corrected chi connectivity index (χ4v) is 2.21. The summed E-state index contributed by atoms with van der Waals surface area (Å²) >= 11 is 0. The van der Waals surface area contributed by atoms with Gasteiger partial charge in [0.2, 0.25) is 0 Å². The van der Waals surface area contributed by atoms with Gasteiger partial charge in [-0.05, 0) is 35.1 Å². The normalized spacial score (nSPS) is 10.5. The average molecular weight is 224 g/mol. The Bertz CT molecular complexity index is 466. The van der Waals surface area contributed by atoms with Crippen LogP contribution in [0.2, 0.25) is 0 Å². The monoisotopic (exact) mass is 224 g/mol. The Morgan fingerprint density at radius 3 is 2.18 bits per heavy atom. The van der Waals surface area contributed by atoms with E-state index >= 15 is 0 Å². The minimum Gasteiger partial charge on any atom is -0.0651 e. The fourth-order valence-electron chi connectivity index (χ4n) is 2.21. The average Bonchev–Trinajstić information content (AvgIpc) is 2.40. The van der Waals surface area contributed by atoms with Crippen LogP contribution in [0.15, 0.2) is 48.5 Å². The summed E-state index contributed by atoms with van der Waals surface area (Å²) in [4.78, 5) is 0. The first-order valence-corrected chi connectivity index (χ1v) is 6.52. The molecule has 0 bridgehead atoms. The summed E-state index contributed by atoms with van der Waals surface area (Å²) in [6.07, 6.45) is 3.46. The van der Waals surface area contributed by atoms with Crippen molar-refractivity contribution in [3.05, 3.63) is 59.7 Å². The molecule has 0 aromatic heterocycles. The quantitative estimate of drug-likeness (QED) is 0.695. The zero-order valence-corrected chi connectivity index (χ0v) is 10.7. The van der Waals surface area contributed by atoms with Gasteiger partial charge >= 0.3 is 0 Å². The Hall–Kier alpha value is -1.56. The second-order valence-electron chi connectivity index (χ2n) is 4.46. The Balaban J connectivity index is 2.37. The summed E-state index contributed by atoms with van der Waals surface area (Å²) in [7, 11) is 0. The van der Waals surface area contributed by atoms with E-state index in [-0.39, 0.29) is 0 Å². The first-order valence-electron chi connectivity index (χ1n) is 6.52. The molecule has 0 heteroatoms. The van der Waals surface area contributed by atoms with Gasteiger partial charge in [-0.15, -0.1) is 0 Å². The van der Waals surface area contributed by atoms with Crippen molar-refractivity contribution in [3.63, 3.8) is 0 Å². The zero-order valence-electron chi connectivity index (χ0n) is 10.7. The minimum absolute atomic E-state index is 1.11. The van der Waals surface area contributed by atoms with Crippen molar-refractivity contribution < 1.29 is 0 Å². The highest BCUT2D eigenvalue weighted by Crippen LogP contribution is 2.25. The van der Waals surface area contributed by atoms with Gasteiger partial charge in [0.1, 0.15) is 0 Å². The third-order valence-electron chi connectivity index (χ3n) is 3.21. The maximum absolute atomic E-state index is 2.24. The van der Waals surface area contributed by atoms with Crippen LogP contribution in [0, 0.1) is 0 Å². The van der Waals surface area contributed by atoms with Crippen LogP contribution in [0.5, 0.6) is 0 Å². The maximum Gasteiger partial charge on any atom is -0.0152 e. The highest BCUT2D eigenvalue weighted by atomic mass is 14.1. The second-order valence-corrected chi connectivity index (χ2v) is 4.46. The topological polar surface area (TPSA) is 0 Å². The van der Waals surface area contributed by atoms with Crippen molar-refractivity contribution in [2.75, 3.05) is 0 Å². The number of benzene rings is 2. The van der Waals surface area contributed by atoms with Gasteiger partial charge in [0.25, 0.3) is 0 Å². The minimum atomic E-state index is 1.11. The molecule has 0 aliphatic carbocycles. The first kappa shape index (κ1) is 11.9. The maximum atomic E-state index is 2.24. The molecule has 0 nitrogen and oxygen atoms in total. The van der Waals surface area contributed by atoms with Crippen molar-refractivity contribution in [1.82, 2.24) is 0 Å². The van der Waals surface area contributed by atoms with E-state index in [0.717, 1.165) is 12.8 Å². The van der Waals surface area contributed by atoms with Gasteiger partial charge in [0, 0.05) is 0 Å². The Labute approximate surface area is 104 Å². The molecule has 0 aliphatic rings. The number of hydrogen-bond acceptors (Lipinski definition) is 0. The van der Waals surface area contributed by atoms with Crippen LogP contribution in [-0.2, 0) is 12.8 Å². The lowest BCUT2D eigenvalue weighted by Crippen LogP contribution is -1.89. The van der Waals surface area contributed by atoms with Crippen molar-refractivity contribution in [2.45, 2.75) is 33.1 Å². The highest BCUT2D eigenvalue weighted by Gasteiger charge is 2.03. The summed E-state index contributed by atoms with van der Waals surface area (Å²) in [5.74, 6) is 0. The molecular formula is C17H20. The summed E-state index contributed by atoms with van der Waals surface area (Å²) in [6, 6.07) is 17.7. The molecule has 2 rings (SSSR count). The molecule has 0 unspecified atom stereocenters. The van der Waals surface area contributed by atoms with E-state index in [1.54, 1.807) is 0 Å². The first-order chi connectivity index (χ1) is 8.35. The van der Waals surface area contributed by atoms with E-state index in [1.807, 2.05) is 0 Å². The van der Waals surface area contributed by atoms with Crippen LogP contribution in [0.25, 0.3) is 11.1 Å². The van der Waals surface area contributed by atoms with Gasteiger partial charge in [0.05, 0.1) is 0 Å². The lowest BCUT2D eigenvalue weighted by atomic mass is 9.96.